The molecule has 1 aromatic heterocycles. The molecule has 0 unspecified atom stereocenters. The van der Waals surface area contributed by atoms with E-state index < -0.39 is 0 Å². The van der Waals surface area contributed by atoms with E-state index >= 15 is 0 Å². The Morgan fingerprint density at radius 1 is 1.62 bits per heavy atom. The lowest BCUT2D eigenvalue weighted by Crippen LogP contribution is -2.42. The van der Waals surface area contributed by atoms with Gasteiger partial charge < -0.3 is 10.2 Å². The highest BCUT2D eigenvalue weighted by Crippen LogP contribution is 2.13. The van der Waals surface area contributed by atoms with Crippen molar-refractivity contribution in [3.05, 3.63) is 34.5 Å². The van der Waals surface area contributed by atoms with Crippen LogP contribution in [0, 0.1) is 0 Å². The van der Waals surface area contributed by atoms with E-state index in [-0.39, 0.29) is 6.03 Å². The number of nitrogens with zero attached hydrogens (tertiary/aromatic N) is 1. The minimum Gasteiger partial charge on any atom is -0.333 e. The highest BCUT2D eigenvalue weighted by molar-refractivity contribution is 7.09. The zero-order valence-corrected chi connectivity index (χ0v) is 10.1. The number of carbonyl (C=O) groups excluding carboxylic acids is 1. The van der Waals surface area contributed by atoms with Gasteiger partial charge in [0.25, 0.3) is 0 Å². The number of likely N-dealkylation sites (tertiary alicyclic amines) is 1. The predicted octanol–water partition coefficient (Wildman–Crippen LogP) is 2.61. The van der Waals surface area contributed by atoms with Gasteiger partial charge in [-0.05, 0) is 24.3 Å². The fourth-order valence-electron chi connectivity index (χ4n) is 1.81. The van der Waals surface area contributed by atoms with Gasteiger partial charge in [0.15, 0.2) is 0 Å². The van der Waals surface area contributed by atoms with Crippen molar-refractivity contribution in [1.29, 1.82) is 0 Å². The summed E-state index contributed by atoms with van der Waals surface area (Å²) in [5.41, 5.74) is 1.15. The molecule has 1 saturated heterocycles. The Hall–Kier alpha value is -1.29. The number of urea groups is 1. The highest BCUT2D eigenvalue weighted by atomic mass is 32.1. The summed E-state index contributed by atoms with van der Waals surface area (Å²) in [5, 5.41) is 4.95. The van der Waals surface area contributed by atoms with Crippen LogP contribution in [-0.2, 0) is 6.54 Å². The van der Waals surface area contributed by atoms with Gasteiger partial charge in [0.1, 0.15) is 0 Å². The van der Waals surface area contributed by atoms with Crippen LogP contribution in [0.15, 0.2) is 29.7 Å². The van der Waals surface area contributed by atoms with E-state index in [9.17, 15) is 4.79 Å². The van der Waals surface area contributed by atoms with Crippen LogP contribution in [0.5, 0.6) is 0 Å². The summed E-state index contributed by atoms with van der Waals surface area (Å²) in [6.07, 6.45) is 2.08. The van der Waals surface area contributed by atoms with Gasteiger partial charge in [0, 0.05) is 18.0 Å². The van der Waals surface area contributed by atoms with Gasteiger partial charge in [0.2, 0.25) is 0 Å². The highest BCUT2D eigenvalue weighted by Gasteiger charge is 2.17. The van der Waals surface area contributed by atoms with Crippen molar-refractivity contribution in [2.24, 2.45) is 0 Å². The monoisotopic (exact) mass is 236 g/mol. The average molecular weight is 236 g/mol. The zero-order chi connectivity index (χ0) is 11.4. The minimum atomic E-state index is 0.0225. The van der Waals surface area contributed by atoms with Crippen LogP contribution in [0.3, 0.4) is 0 Å². The molecule has 16 heavy (non-hydrogen) atoms. The summed E-state index contributed by atoms with van der Waals surface area (Å²) in [5.74, 6) is 0. The summed E-state index contributed by atoms with van der Waals surface area (Å²) in [6.45, 7) is 6.11. The van der Waals surface area contributed by atoms with Crippen LogP contribution in [-0.4, -0.2) is 24.0 Å². The Morgan fingerprint density at radius 2 is 2.50 bits per heavy atom. The quantitative estimate of drug-likeness (QED) is 0.787. The molecule has 3 nitrogen and oxygen atoms in total. The lowest BCUT2D eigenvalue weighted by atomic mass is 10.1. The van der Waals surface area contributed by atoms with E-state index in [1.807, 2.05) is 22.4 Å². The maximum Gasteiger partial charge on any atom is 0.317 e. The molecule has 0 saturated carbocycles. The van der Waals surface area contributed by atoms with Crippen molar-refractivity contribution in [2.45, 2.75) is 19.4 Å². The normalized spacial score (nSPS) is 16.2. The van der Waals surface area contributed by atoms with Crippen molar-refractivity contribution >= 4 is 17.4 Å². The third-order valence-corrected chi connectivity index (χ3v) is 3.53. The number of hydrogen-bond acceptors (Lipinski definition) is 2. The van der Waals surface area contributed by atoms with Crippen LogP contribution in [0.2, 0.25) is 0 Å². The second kappa shape index (κ2) is 5.16. The van der Waals surface area contributed by atoms with E-state index in [0.29, 0.717) is 13.1 Å². The van der Waals surface area contributed by atoms with E-state index in [4.69, 9.17) is 0 Å². The van der Waals surface area contributed by atoms with E-state index in [1.165, 1.54) is 4.88 Å². The first kappa shape index (κ1) is 11.2. The molecule has 1 aromatic rings. The van der Waals surface area contributed by atoms with Crippen LogP contribution in [0.25, 0.3) is 0 Å². The molecule has 0 aromatic carbocycles. The van der Waals surface area contributed by atoms with E-state index in [0.717, 1.165) is 25.0 Å². The third-order valence-electron chi connectivity index (χ3n) is 2.65. The van der Waals surface area contributed by atoms with Crippen LogP contribution in [0.4, 0.5) is 4.79 Å². The molecule has 1 fully saturated rings. The number of thiophene rings is 1. The lowest BCUT2D eigenvalue weighted by molar-refractivity contribution is 0.196. The number of amides is 2. The predicted molar refractivity (Wildman–Crippen MR) is 66.5 cm³/mol. The standard InChI is InChI=1S/C12H16N2OS/c1-10-4-2-6-14(9-10)12(15)13-8-11-5-3-7-16-11/h3,5,7H,1-2,4,6,8-9H2,(H,13,15). The Labute approximate surface area is 99.8 Å². The van der Waals surface area contributed by atoms with Gasteiger partial charge in [-0.25, -0.2) is 4.79 Å². The van der Waals surface area contributed by atoms with Gasteiger partial charge in [-0.2, -0.15) is 0 Å². The third kappa shape index (κ3) is 2.85. The van der Waals surface area contributed by atoms with Gasteiger partial charge in [-0.15, -0.1) is 11.3 Å². The molecule has 0 bridgehead atoms. The van der Waals surface area contributed by atoms with Gasteiger partial charge in [-0.3, -0.25) is 0 Å². The van der Waals surface area contributed by atoms with Crippen molar-refractivity contribution in [1.82, 2.24) is 10.2 Å². The Kier molecular flexibility index (Phi) is 3.62. The molecular weight excluding hydrogens is 220 g/mol. The van der Waals surface area contributed by atoms with Crippen molar-refractivity contribution < 1.29 is 4.79 Å². The molecule has 0 aliphatic carbocycles. The topological polar surface area (TPSA) is 32.3 Å². The zero-order valence-electron chi connectivity index (χ0n) is 9.24. The van der Waals surface area contributed by atoms with Gasteiger partial charge >= 0.3 is 6.03 Å². The Balaban J connectivity index is 1.81. The Morgan fingerprint density at radius 3 is 3.19 bits per heavy atom. The molecule has 1 aliphatic heterocycles. The van der Waals surface area contributed by atoms with E-state index in [1.54, 1.807) is 11.3 Å². The first-order chi connectivity index (χ1) is 7.75. The number of carbonyl (C=O) groups is 1. The van der Waals surface area contributed by atoms with Crippen molar-refractivity contribution in [3.8, 4) is 0 Å². The Bertz CT molecular complexity index is 372. The number of piperidine rings is 1. The van der Waals surface area contributed by atoms with E-state index in [2.05, 4.69) is 11.9 Å². The van der Waals surface area contributed by atoms with Crippen LogP contribution < -0.4 is 5.32 Å². The first-order valence-electron chi connectivity index (χ1n) is 5.47. The lowest BCUT2D eigenvalue weighted by Gasteiger charge is -2.28. The summed E-state index contributed by atoms with van der Waals surface area (Å²) >= 11 is 1.66. The number of hydrogen-bond donors (Lipinski definition) is 1. The summed E-state index contributed by atoms with van der Waals surface area (Å²) in [6, 6.07) is 4.05. The molecule has 2 heterocycles. The van der Waals surface area contributed by atoms with Gasteiger partial charge in [0.05, 0.1) is 6.54 Å². The maximum atomic E-state index is 11.8. The SMILES string of the molecule is C=C1CCCN(C(=O)NCc2cccs2)C1. The molecule has 0 radical (unpaired) electrons. The second-order valence-electron chi connectivity index (χ2n) is 4.01. The second-order valence-corrected chi connectivity index (χ2v) is 5.05. The minimum absolute atomic E-state index is 0.0225. The molecule has 2 amide bonds. The largest absolute Gasteiger partial charge is 0.333 e. The summed E-state index contributed by atoms with van der Waals surface area (Å²) < 4.78 is 0. The molecule has 2 rings (SSSR count). The van der Waals surface area contributed by atoms with Gasteiger partial charge in [-0.1, -0.05) is 18.2 Å². The van der Waals surface area contributed by atoms with Crippen LogP contribution >= 0.6 is 11.3 Å². The molecule has 0 spiro atoms. The fourth-order valence-corrected chi connectivity index (χ4v) is 2.45. The molecule has 1 N–H and O–H groups in total. The summed E-state index contributed by atoms with van der Waals surface area (Å²) in [7, 11) is 0. The summed E-state index contributed by atoms with van der Waals surface area (Å²) in [4.78, 5) is 14.8. The smallest absolute Gasteiger partial charge is 0.317 e. The fraction of sp³-hybridized carbons (Fsp3) is 0.417. The molecule has 0 atom stereocenters. The molecule has 1 aliphatic rings. The van der Waals surface area contributed by atoms with Crippen molar-refractivity contribution in [2.75, 3.05) is 13.1 Å². The maximum absolute atomic E-state index is 11.8. The first-order valence-corrected chi connectivity index (χ1v) is 6.35. The van der Waals surface area contributed by atoms with Crippen molar-refractivity contribution in [3.63, 3.8) is 0 Å². The number of nitrogens with one attached hydrogen (secondary N) is 1. The average Bonchev–Trinajstić information content (AvgIpc) is 2.78. The van der Waals surface area contributed by atoms with Crippen LogP contribution in [0.1, 0.15) is 17.7 Å². The number of rotatable bonds is 2. The molecular formula is C12H16N2OS. The molecule has 4 heteroatoms. The molecule has 86 valence electrons.